The van der Waals surface area contributed by atoms with Gasteiger partial charge in [-0.25, -0.2) is 0 Å². The van der Waals surface area contributed by atoms with Crippen molar-refractivity contribution in [1.82, 2.24) is 0 Å². The predicted molar refractivity (Wildman–Crippen MR) is 61.8 cm³/mol. The molecule has 0 radical (unpaired) electrons. The summed E-state index contributed by atoms with van der Waals surface area (Å²) in [5.74, 6) is -2.50. The molecule has 2 unspecified atom stereocenters. The van der Waals surface area contributed by atoms with E-state index < -0.39 is 17.9 Å². The van der Waals surface area contributed by atoms with Crippen molar-refractivity contribution in [1.29, 1.82) is 0 Å². The number of carbonyl (C=O) groups is 2. The minimum Gasteiger partial charge on any atom is -0.481 e. The number of allylic oxidation sites excluding steroid dienone is 1. The van der Waals surface area contributed by atoms with Crippen LogP contribution in [0.15, 0.2) is 11.1 Å². The van der Waals surface area contributed by atoms with Gasteiger partial charge >= 0.3 is 11.9 Å². The highest BCUT2D eigenvalue weighted by atomic mass is 35.5. The zero-order valence-electron chi connectivity index (χ0n) is 8.94. The second kappa shape index (κ2) is 5.06. The quantitative estimate of drug-likeness (QED) is 0.821. The van der Waals surface area contributed by atoms with Crippen LogP contribution >= 0.6 is 24.0 Å². The molecule has 16 heavy (non-hydrogen) atoms. The minimum absolute atomic E-state index is 0. The molecular weight excluding hydrogens is 255 g/mol. The first-order valence-corrected chi connectivity index (χ1v) is 4.95. The van der Waals surface area contributed by atoms with Crippen LogP contribution in [0.5, 0.6) is 0 Å². The Bertz CT molecular complexity index is 336. The molecule has 0 spiro atoms. The molecule has 1 fully saturated rings. The molecule has 1 saturated carbocycles. The summed E-state index contributed by atoms with van der Waals surface area (Å²) < 4.78 is 0. The summed E-state index contributed by atoms with van der Waals surface area (Å²) >= 11 is 5.70. The molecular formula is C10H14Cl2O4. The molecule has 4 nitrogen and oxygen atoms in total. The fourth-order valence-electron chi connectivity index (χ4n) is 1.86. The highest BCUT2D eigenvalue weighted by Crippen LogP contribution is 2.59. The summed E-state index contributed by atoms with van der Waals surface area (Å²) in [5, 5.41) is 17.5. The number of carboxylic acid groups (broad SMARTS) is 2. The molecule has 0 amide bonds. The zero-order valence-corrected chi connectivity index (χ0v) is 10.5. The number of aliphatic carboxylic acids is 2. The molecule has 1 rings (SSSR count). The maximum atomic E-state index is 10.8. The van der Waals surface area contributed by atoms with Crippen LogP contribution in [0.3, 0.4) is 0 Å². The Labute approximate surface area is 105 Å². The molecule has 1 aliphatic carbocycles. The summed E-state index contributed by atoms with van der Waals surface area (Å²) in [7, 11) is 0. The van der Waals surface area contributed by atoms with Gasteiger partial charge in [-0.2, -0.15) is 0 Å². The van der Waals surface area contributed by atoms with Crippen molar-refractivity contribution in [2.75, 3.05) is 0 Å². The second-order valence-corrected chi connectivity index (χ2v) is 4.83. The maximum absolute atomic E-state index is 10.8. The molecule has 0 heterocycles. The summed E-state index contributed by atoms with van der Waals surface area (Å²) in [6.45, 7) is 3.66. The smallest absolute Gasteiger partial charge is 0.308 e. The average molecular weight is 269 g/mol. The lowest BCUT2D eigenvalue weighted by Crippen LogP contribution is -2.03. The average Bonchev–Trinajstić information content (AvgIpc) is 2.50. The van der Waals surface area contributed by atoms with E-state index >= 15 is 0 Å². The van der Waals surface area contributed by atoms with Crippen LogP contribution in [0.2, 0.25) is 0 Å². The first-order valence-electron chi connectivity index (χ1n) is 4.57. The Morgan fingerprint density at radius 1 is 1.38 bits per heavy atom. The fraction of sp³-hybridized carbons (Fsp3) is 0.600. The van der Waals surface area contributed by atoms with E-state index in [1.807, 2.05) is 13.8 Å². The topological polar surface area (TPSA) is 74.6 Å². The molecule has 0 aromatic carbocycles. The SMILES string of the molecule is CC1(C)C(C=C(Cl)CC(=O)O)C1C(=O)O.Cl. The van der Waals surface area contributed by atoms with E-state index in [9.17, 15) is 9.59 Å². The predicted octanol–water partition coefficient (Wildman–Crippen LogP) is 2.36. The zero-order chi connectivity index (χ0) is 11.8. The monoisotopic (exact) mass is 268 g/mol. The normalized spacial score (nSPS) is 26.8. The van der Waals surface area contributed by atoms with E-state index in [4.69, 9.17) is 21.8 Å². The number of rotatable bonds is 4. The highest BCUT2D eigenvalue weighted by Gasteiger charge is 2.60. The molecule has 92 valence electrons. The second-order valence-electron chi connectivity index (χ2n) is 4.35. The van der Waals surface area contributed by atoms with Crippen molar-refractivity contribution in [3.8, 4) is 0 Å². The minimum atomic E-state index is -1.01. The maximum Gasteiger partial charge on any atom is 0.308 e. The van der Waals surface area contributed by atoms with Gasteiger partial charge in [0.15, 0.2) is 0 Å². The van der Waals surface area contributed by atoms with Crippen molar-refractivity contribution < 1.29 is 19.8 Å². The van der Waals surface area contributed by atoms with E-state index in [1.54, 1.807) is 6.08 Å². The van der Waals surface area contributed by atoms with Crippen molar-refractivity contribution >= 4 is 35.9 Å². The van der Waals surface area contributed by atoms with Crippen LogP contribution in [0.4, 0.5) is 0 Å². The van der Waals surface area contributed by atoms with E-state index in [1.165, 1.54) is 0 Å². The Balaban J connectivity index is 0.00000225. The lowest BCUT2D eigenvalue weighted by Gasteiger charge is -1.97. The fourth-order valence-corrected chi connectivity index (χ4v) is 2.11. The van der Waals surface area contributed by atoms with Crippen molar-refractivity contribution in [3.63, 3.8) is 0 Å². The third-order valence-corrected chi connectivity index (χ3v) is 3.12. The van der Waals surface area contributed by atoms with Crippen LogP contribution < -0.4 is 0 Å². The van der Waals surface area contributed by atoms with Gasteiger partial charge in [0.1, 0.15) is 0 Å². The highest BCUT2D eigenvalue weighted by molar-refractivity contribution is 6.30. The summed E-state index contributed by atoms with van der Waals surface area (Å²) in [6, 6.07) is 0. The molecule has 6 heteroatoms. The van der Waals surface area contributed by atoms with Gasteiger partial charge in [-0.1, -0.05) is 31.5 Å². The van der Waals surface area contributed by atoms with Gasteiger partial charge in [-0.05, 0) is 11.3 Å². The summed E-state index contributed by atoms with van der Waals surface area (Å²) in [4.78, 5) is 21.1. The lowest BCUT2D eigenvalue weighted by atomic mass is 10.1. The van der Waals surface area contributed by atoms with Crippen LogP contribution in [-0.4, -0.2) is 22.2 Å². The standard InChI is InChI=1S/C10H13ClO4.ClH/c1-10(2)6(8(10)9(14)15)3-5(11)4-7(12)13;/h3,6,8H,4H2,1-2H3,(H,12,13)(H,14,15);1H. The Hall–Kier alpha value is -0.740. The van der Waals surface area contributed by atoms with Gasteiger partial charge in [-0.3, -0.25) is 9.59 Å². The number of carboxylic acids is 2. The van der Waals surface area contributed by atoms with E-state index in [2.05, 4.69) is 0 Å². The largest absolute Gasteiger partial charge is 0.481 e. The molecule has 0 bridgehead atoms. The van der Waals surface area contributed by atoms with Crippen molar-refractivity contribution in [2.24, 2.45) is 17.3 Å². The van der Waals surface area contributed by atoms with E-state index in [-0.39, 0.29) is 35.2 Å². The van der Waals surface area contributed by atoms with Gasteiger partial charge in [-0.15, -0.1) is 12.4 Å². The Morgan fingerprint density at radius 2 is 1.88 bits per heavy atom. The van der Waals surface area contributed by atoms with Gasteiger partial charge in [0.05, 0.1) is 12.3 Å². The number of hydrogen-bond acceptors (Lipinski definition) is 2. The van der Waals surface area contributed by atoms with Crippen LogP contribution in [0.25, 0.3) is 0 Å². The third-order valence-electron chi connectivity index (χ3n) is 2.86. The van der Waals surface area contributed by atoms with Crippen molar-refractivity contribution in [2.45, 2.75) is 20.3 Å². The van der Waals surface area contributed by atoms with Crippen LogP contribution in [0.1, 0.15) is 20.3 Å². The molecule has 0 saturated heterocycles. The molecule has 2 atom stereocenters. The first-order chi connectivity index (χ1) is 6.76. The van der Waals surface area contributed by atoms with Crippen LogP contribution in [-0.2, 0) is 9.59 Å². The van der Waals surface area contributed by atoms with Gasteiger partial charge in [0.2, 0.25) is 0 Å². The molecule has 1 aliphatic rings. The first kappa shape index (κ1) is 15.3. The van der Waals surface area contributed by atoms with Crippen LogP contribution in [0, 0.1) is 17.3 Å². The van der Waals surface area contributed by atoms with E-state index in [0.29, 0.717) is 0 Å². The third kappa shape index (κ3) is 3.12. The summed E-state index contributed by atoms with van der Waals surface area (Å²) in [6.07, 6.45) is 1.30. The molecule has 0 aromatic rings. The molecule has 0 aliphatic heterocycles. The number of halogens is 2. The van der Waals surface area contributed by atoms with Gasteiger partial charge in [0.25, 0.3) is 0 Å². The van der Waals surface area contributed by atoms with Gasteiger partial charge in [0, 0.05) is 5.03 Å². The van der Waals surface area contributed by atoms with Gasteiger partial charge < -0.3 is 10.2 Å². The summed E-state index contributed by atoms with van der Waals surface area (Å²) in [5.41, 5.74) is -0.329. The Kier molecular flexibility index (Phi) is 4.83. The molecule has 0 aromatic heterocycles. The lowest BCUT2D eigenvalue weighted by molar-refractivity contribution is -0.139. The Morgan fingerprint density at radius 3 is 2.19 bits per heavy atom. The van der Waals surface area contributed by atoms with Crippen molar-refractivity contribution in [3.05, 3.63) is 11.1 Å². The van der Waals surface area contributed by atoms with E-state index in [0.717, 1.165) is 0 Å². The molecule has 2 N–H and O–H groups in total. The number of hydrogen-bond donors (Lipinski definition) is 2.